The number of hydrogen-bond acceptors (Lipinski definition) is 3. The quantitative estimate of drug-likeness (QED) is 0.175. The van der Waals surface area contributed by atoms with Crippen LogP contribution in [0.4, 0.5) is 0 Å². The second kappa shape index (κ2) is 13.2. The maximum absolute atomic E-state index is 5.21. The van der Waals surface area contributed by atoms with Crippen LogP contribution in [0.1, 0.15) is 25.0 Å². The van der Waals surface area contributed by atoms with Gasteiger partial charge in [-0.15, -0.1) is 0 Å². The molecular weight excluding hydrogens is 729 g/mol. The third-order valence-corrected chi connectivity index (χ3v) is 12.6. The number of hydrogen-bond donors (Lipinski definition) is 0. The highest BCUT2D eigenvalue weighted by Gasteiger charge is 2.35. The number of para-hydroxylation sites is 1. The lowest BCUT2D eigenvalue weighted by Crippen LogP contribution is -2.14. The van der Waals surface area contributed by atoms with Gasteiger partial charge in [0.2, 0.25) is 0 Å². The van der Waals surface area contributed by atoms with Crippen molar-refractivity contribution in [1.29, 1.82) is 0 Å². The number of aromatic nitrogens is 4. The minimum Gasteiger partial charge on any atom is -0.309 e. The van der Waals surface area contributed by atoms with Gasteiger partial charge >= 0.3 is 0 Å². The standard InChI is InChI=1S/C56H38N4/c1-56(2)49-19-11-10-18-45(49)47-32-39(25-28-50(47)56)40-26-29-51-48(33-40)46-27-24-43(34-52(46)60(51)44-16-4-3-5-17-44)55-58-53(41-22-20-35-12-6-8-14-37(35)30-41)57-54(59-55)42-23-21-36-13-7-9-15-38(36)31-42/h3-34H,1-2H3. The predicted molar refractivity (Wildman–Crippen MR) is 248 cm³/mol. The summed E-state index contributed by atoms with van der Waals surface area (Å²) in [6.07, 6.45) is 0. The molecule has 4 nitrogen and oxygen atoms in total. The van der Waals surface area contributed by atoms with Crippen molar-refractivity contribution in [3.63, 3.8) is 0 Å². The fraction of sp³-hybridized carbons (Fsp3) is 0.0536. The molecule has 0 fully saturated rings. The largest absolute Gasteiger partial charge is 0.309 e. The van der Waals surface area contributed by atoms with E-state index in [1.165, 1.54) is 54.9 Å². The van der Waals surface area contributed by atoms with Crippen LogP contribution in [0.2, 0.25) is 0 Å². The van der Waals surface area contributed by atoms with Gasteiger partial charge in [-0.3, -0.25) is 0 Å². The second-order valence-corrected chi connectivity index (χ2v) is 16.5. The Kier molecular flexibility index (Phi) is 7.54. The van der Waals surface area contributed by atoms with Crippen LogP contribution in [0.15, 0.2) is 194 Å². The Labute approximate surface area is 348 Å². The molecule has 0 bridgehead atoms. The summed E-state index contributed by atoms with van der Waals surface area (Å²) in [7, 11) is 0. The van der Waals surface area contributed by atoms with Crippen molar-refractivity contribution in [3.8, 4) is 62.1 Å². The smallest absolute Gasteiger partial charge is 0.164 e. The molecule has 0 amide bonds. The van der Waals surface area contributed by atoms with Crippen LogP contribution in [-0.2, 0) is 5.41 Å². The highest BCUT2D eigenvalue weighted by molar-refractivity contribution is 6.11. The zero-order valence-corrected chi connectivity index (χ0v) is 33.3. The van der Waals surface area contributed by atoms with E-state index in [4.69, 9.17) is 15.0 Å². The molecule has 11 aromatic rings. The van der Waals surface area contributed by atoms with Gasteiger partial charge < -0.3 is 4.57 Å². The third-order valence-electron chi connectivity index (χ3n) is 12.6. The molecule has 282 valence electrons. The second-order valence-electron chi connectivity index (χ2n) is 16.5. The van der Waals surface area contributed by atoms with E-state index in [1.54, 1.807) is 0 Å². The summed E-state index contributed by atoms with van der Waals surface area (Å²) in [5.41, 5.74) is 14.0. The lowest BCUT2D eigenvalue weighted by Gasteiger charge is -2.21. The van der Waals surface area contributed by atoms with Crippen molar-refractivity contribution in [2.75, 3.05) is 0 Å². The summed E-state index contributed by atoms with van der Waals surface area (Å²) in [5, 5.41) is 7.02. The van der Waals surface area contributed by atoms with Gasteiger partial charge in [0, 0.05) is 38.6 Å². The van der Waals surface area contributed by atoms with Crippen molar-refractivity contribution in [1.82, 2.24) is 19.5 Å². The van der Waals surface area contributed by atoms with E-state index >= 15 is 0 Å². The van der Waals surface area contributed by atoms with Crippen LogP contribution >= 0.6 is 0 Å². The van der Waals surface area contributed by atoms with Gasteiger partial charge in [-0.1, -0.05) is 159 Å². The van der Waals surface area contributed by atoms with Crippen LogP contribution in [-0.4, -0.2) is 19.5 Å². The van der Waals surface area contributed by atoms with Crippen LogP contribution in [0.3, 0.4) is 0 Å². The van der Waals surface area contributed by atoms with Gasteiger partial charge in [-0.05, 0) is 103 Å². The molecule has 0 aliphatic heterocycles. The van der Waals surface area contributed by atoms with Crippen molar-refractivity contribution in [3.05, 3.63) is 205 Å². The highest BCUT2D eigenvalue weighted by Crippen LogP contribution is 2.50. The minimum atomic E-state index is -0.0275. The summed E-state index contributed by atoms with van der Waals surface area (Å²) in [6, 6.07) is 69.8. The van der Waals surface area contributed by atoms with Gasteiger partial charge in [-0.25, -0.2) is 15.0 Å². The lowest BCUT2D eigenvalue weighted by molar-refractivity contribution is 0.660. The number of rotatable bonds is 5. The predicted octanol–water partition coefficient (Wildman–Crippen LogP) is 14.2. The molecule has 0 saturated carbocycles. The lowest BCUT2D eigenvalue weighted by atomic mass is 9.82. The first kappa shape index (κ1) is 34.4. The van der Waals surface area contributed by atoms with E-state index in [-0.39, 0.29) is 5.41 Å². The molecule has 1 aliphatic rings. The Morgan fingerprint density at radius 1 is 0.350 bits per heavy atom. The number of fused-ring (bicyclic) bond motifs is 8. The first-order valence-electron chi connectivity index (χ1n) is 20.6. The van der Waals surface area contributed by atoms with Crippen LogP contribution in [0, 0.1) is 0 Å². The Bertz CT molecular complexity index is 3430. The van der Waals surface area contributed by atoms with Crippen molar-refractivity contribution >= 4 is 43.4 Å². The summed E-state index contributed by atoms with van der Waals surface area (Å²) >= 11 is 0. The zero-order chi connectivity index (χ0) is 40.0. The minimum absolute atomic E-state index is 0.0275. The number of nitrogens with zero attached hydrogens (tertiary/aromatic N) is 4. The fourth-order valence-corrected chi connectivity index (χ4v) is 9.51. The molecule has 0 radical (unpaired) electrons. The Morgan fingerprint density at radius 3 is 1.55 bits per heavy atom. The van der Waals surface area contributed by atoms with E-state index < -0.39 is 0 Å². The zero-order valence-electron chi connectivity index (χ0n) is 33.3. The molecular formula is C56H38N4. The van der Waals surface area contributed by atoms with Gasteiger partial charge in [0.25, 0.3) is 0 Å². The van der Waals surface area contributed by atoms with E-state index in [2.05, 4.69) is 213 Å². The van der Waals surface area contributed by atoms with Gasteiger partial charge in [-0.2, -0.15) is 0 Å². The summed E-state index contributed by atoms with van der Waals surface area (Å²) in [4.78, 5) is 15.5. The van der Waals surface area contributed by atoms with Crippen molar-refractivity contribution in [2.45, 2.75) is 19.3 Å². The first-order valence-corrected chi connectivity index (χ1v) is 20.6. The molecule has 2 aromatic heterocycles. The average molecular weight is 767 g/mol. The molecule has 0 spiro atoms. The van der Waals surface area contributed by atoms with Crippen molar-refractivity contribution < 1.29 is 0 Å². The van der Waals surface area contributed by atoms with E-state index in [1.807, 2.05) is 0 Å². The van der Waals surface area contributed by atoms with E-state index in [9.17, 15) is 0 Å². The maximum Gasteiger partial charge on any atom is 0.164 e. The molecule has 60 heavy (non-hydrogen) atoms. The molecule has 12 rings (SSSR count). The molecule has 9 aromatic carbocycles. The van der Waals surface area contributed by atoms with Gasteiger partial charge in [0.15, 0.2) is 17.5 Å². The molecule has 0 atom stereocenters. The fourth-order valence-electron chi connectivity index (χ4n) is 9.51. The van der Waals surface area contributed by atoms with E-state index in [0.29, 0.717) is 17.5 Å². The monoisotopic (exact) mass is 766 g/mol. The first-order chi connectivity index (χ1) is 29.5. The topological polar surface area (TPSA) is 43.6 Å². The van der Waals surface area contributed by atoms with Gasteiger partial charge in [0.1, 0.15) is 0 Å². The van der Waals surface area contributed by atoms with Gasteiger partial charge in [0.05, 0.1) is 11.0 Å². The third kappa shape index (κ3) is 5.41. The molecule has 2 heterocycles. The Balaban J connectivity index is 1.04. The Morgan fingerprint density at radius 2 is 0.867 bits per heavy atom. The normalized spacial score (nSPS) is 13.0. The van der Waals surface area contributed by atoms with Crippen LogP contribution in [0.25, 0.3) is 105 Å². The molecule has 4 heteroatoms. The summed E-state index contributed by atoms with van der Waals surface area (Å²) in [6.45, 7) is 4.67. The average Bonchev–Trinajstić information content (AvgIpc) is 3.75. The summed E-state index contributed by atoms with van der Waals surface area (Å²) < 4.78 is 2.37. The number of benzene rings is 9. The van der Waals surface area contributed by atoms with E-state index in [0.717, 1.165) is 44.2 Å². The molecule has 0 unspecified atom stereocenters. The molecule has 1 aliphatic carbocycles. The summed E-state index contributed by atoms with van der Waals surface area (Å²) in [5.74, 6) is 1.91. The van der Waals surface area contributed by atoms with Crippen LogP contribution in [0.5, 0.6) is 0 Å². The van der Waals surface area contributed by atoms with Crippen molar-refractivity contribution in [2.24, 2.45) is 0 Å². The molecule has 0 saturated heterocycles. The SMILES string of the molecule is CC1(C)c2ccccc2-c2cc(-c3ccc4c(c3)c3ccc(-c5nc(-c6ccc7ccccc7c6)nc(-c6ccc7ccccc7c6)n5)cc3n4-c3ccccc3)ccc21. The van der Waals surface area contributed by atoms with Crippen LogP contribution < -0.4 is 0 Å². The molecule has 0 N–H and O–H groups in total. The Hall–Kier alpha value is -7.69. The maximum atomic E-state index is 5.21. The highest BCUT2D eigenvalue weighted by atomic mass is 15.0.